The average molecular weight is 408 g/mol. The number of amides is 1. The molecular formula is C20H21N7OS. The van der Waals surface area contributed by atoms with Gasteiger partial charge in [0, 0.05) is 37.3 Å². The number of piperazine rings is 1. The fourth-order valence-electron chi connectivity index (χ4n) is 3.78. The molecule has 0 unspecified atom stereocenters. The smallest absolute Gasteiger partial charge is 0.257 e. The topological polar surface area (TPSA) is 95.8 Å². The van der Waals surface area contributed by atoms with Crippen molar-refractivity contribution in [2.75, 3.05) is 43.4 Å². The SMILES string of the molecule is CN1CCN(c2cc3[nH]c(=S)[nH]c3cc2C(=O)Nc2ccc3cn[nH]c3c2)CC1. The van der Waals surface area contributed by atoms with Gasteiger partial charge in [0.05, 0.1) is 34.0 Å². The van der Waals surface area contributed by atoms with Crippen LogP contribution in [0.2, 0.25) is 0 Å². The zero-order valence-electron chi connectivity index (χ0n) is 16.0. The van der Waals surface area contributed by atoms with E-state index in [2.05, 4.69) is 42.3 Å². The van der Waals surface area contributed by atoms with Crippen LogP contribution in [-0.2, 0) is 0 Å². The van der Waals surface area contributed by atoms with Gasteiger partial charge in [-0.1, -0.05) is 0 Å². The summed E-state index contributed by atoms with van der Waals surface area (Å²) in [4.78, 5) is 24.1. The number of anilines is 2. The summed E-state index contributed by atoms with van der Waals surface area (Å²) in [5.74, 6) is -0.153. The Morgan fingerprint density at radius 1 is 1.07 bits per heavy atom. The summed E-state index contributed by atoms with van der Waals surface area (Å²) in [5, 5.41) is 11.0. The van der Waals surface area contributed by atoms with E-state index in [1.807, 2.05) is 30.3 Å². The van der Waals surface area contributed by atoms with Crippen molar-refractivity contribution in [1.82, 2.24) is 25.1 Å². The van der Waals surface area contributed by atoms with Gasteiger partial charge in [0.25, 0.3) is 5.91 Å². The van der Waals surface area contributed by atoms with Gasteiger partial charge >= 0.3 is 0 Å². The molecule has 0 aliphatic carbocycles. The highest BCUT2D eigenvalue weighted by atomic mass is 32.1. The van der Waals surface area contributed by atoms with Crippen molar-refractivity contribution in [1.29, 1.82) is 0 Å². The van der Waals surface area contributed by atoms with Crippen LogP contribution in [0, 0.1) is 4.77 Å². The maximum Gasteiger partial charge on any atom is 0.257 e. The summed E-state index contributed by atoms with van der Waals surface area (Å²) in [6, 6.07) is 9.59. The predicted octanol–water partition coefficient (Wildman–Crippen LogP) is 3.11. The number of nitrogens with zero attached hydrogens (tertiary/aromatic N) is 3. The van der Waals surface area contributed by atoms with Gasteiger partial charge in [0.15, 0.2) is 4.77 Å². The zero-order valence-corrected chi connectivity index (χ0v) is 16.8. The summed E-state index contributed by atoms with van der Waals surface area (Å²) in [6.07, 6.45) is 1.76. The van der Waals surface area contributed by atoms with Crippen LogP contribution in [-0.4, -0.2) is 64.2 Å². The van der Waals surface area contributed by atoms with Crippen molar-refractivity contribution >= 4 is 51.4 Å². The molecule has 0 bridgehead atoms. The lowest BCUT2D eigenvalue weighted by Crippen LogP contribution is -2.45. The van der Waals surface area contributed by atoms with Gasteiger partial charge in [-0.3, -0.25) is 9.89 Å². The fourth-order valence-corrected chi connectivity index (χ4v) is 3.99. The maximum absolute atomic E-state index is 13.2. The van der Waals surface area contributed by atoms with E-state index in [4.69, 9.17) is 12.2 Å². The van der Waals surface area contributed by atoms with E-state index in [1.54, 1.807) is 6.20 Å². The first-order valence-corrected chi connectivity index (χ1v) is 9.92. The number of aromatic nitrogens is 4. The average Bonchev–Trinajstić information content (AvgIpc) is 3.32. The Labute approximate surface area is 171 Å². The normalized spacial score (nSPS) is 15.3. The highest BCUT2D eigenvalue weighted by Gasteiger charge is 2.22. The van der Waals surface area contributed by atoms with Crippen molar-refractivity contribution in [3.63, 3.8) is 0 Å². The van der Waals surface area contributed by atoms with Crippen molar-refractivity contribution in [2.45, 2.75) is 0 Å². The molecule has 5 rings (SSSR count). The number of aromatic amines is 3. The van der Waals surface area contributed by atoms with Crippen molar-refractivity contribution in [2.24, 2.45) is 0 Å². The van der Waals surface area contributed by atoms with Gasteiger partial charge in [-0.25, -0.2) is 0 Å². The van der Waals surface area contributed by atoms with Crippen molar-refractivity contribution < 1.29 is 4.79 Å². The highest BCUT2D eigenvalue weighted by molar-refractivity contribution is 7.71. The molecule has 1 amide bonds. The molecule has 1 fully saturated rings. The third-order valence-electron chi connectivity index (χ3n) is 5.42. The Morgan fingerprint density at radius 2 is 1.83 bits per heavy atom. The molecule has 0 saturated carbocycles. The Hall–Kier alpha value is -3.17. The number of hydrogen-bond donors (Lipinski definition) is 4. The van der Waals surface area contributed by atoms with E-state index < -0.39 is 0 Å². The summed E-state index contributed by atoms with van der Waals surface area (Å²) < 4.78 is 0.548. The number of rotatable bonds is 3. The third-order valence-corrected chi connectivity index (χ3v) is 5.62. The first-order chi connectivity index (χ1) is 14.1. The minimum Gasteiger partial charge on any atom is -0.368 e. The quantitative estimate of drug-likeness (QED) is 0.392. The molecule has 2 aromatic heterocycles. The molecule has 0 spiro atoms. The largest absolute Gasteiger partial charge is 0.368 e. The van der Waals surface area contributed by atoms with E-state index in [1.165, 1.54) is 0 Å². The van der Waals surface area contributed by atoms with Crippen LogP contribution < -0.4 is 10.2 Å². The second-order valence-corrected chi connectivity index (χ2v) is 7.82. The lowest BCUT2D eigenvalue weighted by atomic mass is 10.1. The van der Waals surface area contributed by atoms with Gasteiger partial charge in [-0.2, -0.15) is 5.10 Å². The number of hydrogen-bond acceptors (Lipinski definition) is 5. The minimum absolute atomic E-state index is 0.153. The number of likely N-dealkylation sites (N-methyl/N-ethyl adjacent to an activating group) is 1. The molecule has 4 aromatic rings. The van der Waals surface area contributed by atoms with Gasteiger partial charge < -0.3 is 25.1 Å². The van der Waals surface area contributed by atoms with Gasteiger partial charge in [-0.05, 0) is 49.6 Å². The fraction of sp³-hybridized carbons (Fsp3) is 0.250. The number of carbonyl (C=O) groups excluding carboxylic acids is 1. The molecule has 1 aliphatic rings. The lowest BCUT2D eigenvalue weighted by molar-refractivity contribution is 0.102. The maximum atomic E-state index is 13.2. The van der Waals surface area contributed by atoms with Gasteiger partial charge in [0.2, 0.25) is 0 Å². The molecule has 1 aliphatic heterocycles. The van der Waals surface area contributed by atoms with Gasteiger partial charge in [0.1, 0.15) is 0 Å². The second kappa shape index (κ2) is 7.02. The molecule has 0 atom stereocenters. The molecular weight excluding hydrogens is 386 g/mol. The summed E-state index contributed by atoms with van der Waals surface area (Å²) >= 11 is 5.24. The Balaban J connectivity index is 1.53. The molecule has 0 radical (unpaired) electrons. The van der Waals surface area contributed by atoms with Crippen LogP contribution in [0.1, 0.15) is 10.4 Å². The van der Waals surface area contributed by atoms with Crippen molar-refractivity contribution in [3.8, 4) is 0 Å². The number of nitrogens with one attached hydrogen (secondary N) is 4. The van der Waals surface area contributed by atoms with Crippen molar-refractivity contribution in [3.05, 3.63) is 46.9 Å². The van der Waals surface area contributed by atoms with E-state index in [9.17, 15) is 4.79 Å². The van der Waals surface area contributed by atoms with Crippen LogP contribution in [0.5, 0.6) is 0 Å². The molecule has 3 heterocycles. The van der Waals surface area contributed by atoms with Crippen LogP contribution >= 0.6 is 12.2 Å². The summed E-state index contributed by atoms with van der Waals surface area (Å²) in [5.41, 5.74) is 4.86. The molecule has 2 aromatic carbocycles. The predicted molar refractivity (Wildman–Crippen MR) is 117 cm³/mol. The molecule has 1 saturated heterocycles. The summed E-state index contributed by atoms with van der Waals surface area (Å²) in [7, 11) is 2.11. The number of fused-ring (bicyclic) bond motifs is 2. The first-order valence-electron chi connectivity index (χ1n) is 9.51. The van der Waals surface area contributed by atoms with E-state index >= 15 is 0 Å². The number of imidazole rings is 1. The van der Waals surface area contributed by atoms with Gasteiger partial charge in [-0.15, -0.1) is 0 Å². The standard InChI is InChI=1S/C20H21N7OS/c1-26-4-6-27(7-5-26)18-10-17-16(23-20(29)24-17)9-14(18)19(28)22-13-3-2-12-11-21-25-15(12)8-13/h2-3,8-11H,4-7H2,1H3,(H,21,25)(H,22,28)(H2,23,24,29). The number of benzene rings is 2. The lowest BCUT2D eigenvalue weighted by Gasteiger charge is -2.35. The second-order valence-electron chi connectivity index (χ2n) is 7.41. The van der Waals surface area contributed by atoms with E-state index in [-0.39, 0.29) is 5.91 Å². The molecule has 148 valence electrons. The molecule has 9 heteroatoms. The molecule has 29 heavy (non-hydrogen) atoms. The van der Waals surface area contributed by atoms with E-state index in [0.717, 1.165) is 59.5 Å². The summed E-state index contributed by atoms with van der Waals surface area (Å²) in [6.45, 7) is 3.65. The highest BCUT2D eigenvalue weighted by Crippen LogP contribution is 2.28. The minimum atomic E-state index is -0.153. The third kappa shape index (κ3) is 3.39. The van der Waals surface area contributed by atoms with E-state index in [0.29, 0.717) is 10.3 Å². The number of carbonyl (C=O) groups is 1. The van der Waals surface area contributed by atoms with Crippen LogP contribution in [0.3, 0.4) is 0 Å². The van der Waals surface area contributed by atoms with Crippen LogP contribution in [0.15, 0.2) is 36.5 Å². The number of H-pyrrole nitrogens is 3. The van der Waals surface area contributed by atoms with Crippen LogP contribution in [0.25, 0.3) is 21.9 Å². The van der Waals surface area contributed by atoms with Crippen LogP contribution in [0.4, 0.5) is 11.4 Å². The monoisotopic (exact) mass is 407 g/mol. The molecule has 4 N–H and O–H groups in total. The first kappa shape index (κ1) is 17.9. The Bertz CT molecular complexity index is 1260. The molecule has 8 nitrogen and oxygen atoms in total. The Kier molecular flexibility index (Phi) is 4.33. The zero-order chi connectivity index (χ0) is 20.0. The Morgan fingerprint density at radius 3 is 2.62 bits per heavy atom.